The number of carbonyl (C=O) groups is 1. The first-order valence-corrected chi connectivity index (χ1v) is 4.43. The van der Waals surface area contributed by atoms with Gasteiger partial charge in [0.15, 0.2) is 0 Å². The Bertz CT molecular complexity index is 144. The van der Waals surface area contributed by atoms with Gasteiger partial charge in [-0.1, -0.05) is 12.8 Å². The number of Topliss-reactive ketones (excluding diaryl/α,β-unsaturated/α-hetero) is 1. The standard InChI is InChI=1S/C9H17NO/c1-7(11)8-5-3-4-6-9(8)10-2/h8-10H,3-6H2,1-2H3. The second-order valence-corrected chi connectivity index (χ2v) is 3.40. The number of nitrogens with one attached hydrogen (secondary N) is 1. The number of ketones is 1. The Morgan fingerprint density at radius 2 is 2.00 bits per heavy atom. The van der Waals surface area contributed by atoms with E-state index in [1.165, 1.54) is 19.3 Å². The molecule has 1 N–H and O–H groups in total. The highest BCUT2D eigenvalue weighted by Gasteiger charge is 2.26. The van der Waals surface area contributed by atoms with Gasteiger partial charge in [-0.3, -0.25) is 4.79 Å². The fourth-order valence-corrected chi connectivity index (χ4v) is 1.96. The molecular weight excluding hydrogens is 138 g/mol. The summed E-state index contributed by atoms with van der Waals surface area (Å²) < 4.78 is 0. The second-order valence-electron chi connectivity index (χ2n) is 3.40. The molecule has 2 atom stereocenters. The van der Waals surface area contributed by atoms with Crippen molar-refractivity contribution in [3.05, 3.63) is 0 Å². The zero-order valence-electron chi connectivity index (χ0n) is 7.39. The van der Waals surface area contributed by atoms with E-state index >= 15 is 0 Å². The maximum absolute atomic E-state index is 11.1. The third-order valence-corrected chi connectivity index (χ3v) is 2.66. The molecule has 0 amide bonds. The molecule has 0 aliphatic heterocycles. The van der Waals surface area contributed by atoms with Gasteiger partial charge in [0, 0.05) is 12.0 Å². The Morgan fingerprint density at radius 1 is 1.36 bits per heavy atom. The van der Waals surface area contributed by atoms with Gasteiger partial charge in [0.05, 0.1) is 0 Å². The summed E-state index contributed by atoms with van der Waals surface area (Å²) in [6, 6.07) is 0.446. The molecule has 0 saturated heterocycles. The van der Waals surface area contributed by atoms with Gasteiger partial charge < -0.3 is 5.32 Å². The molecule has 0 aromatic heterocycles. The highest BCUT2D eigenvalue weighted by atomic mass is 16.1. The number of hydrogen-bond donors (Lipinski definition) is 1. The molecule has 1 rings (SSSR count). The van der Waals surface area contributed by atoms with Crippen LogP contribution >= 0.6 is 0 Å². The Balaban J connectivity index is 2.51. The van der Waals surface area contributed by atoms with E-state index in [9.17, 15) is 4.79 Å². The van der Waals surface area contributed by atoms with E-state index in [1.54, 1.807) is 6.92 Å². The summed E-state index contributed by atoms with van der Waals surface area (Å²) in [7, 11) is 1.95. The van der Waals surface area contributed by atoms with Gasteiger partial charge in [-0.15, -0.1) is 0 Å². The highest BCUT2D eigenvalue weighted by Crippen LogP contribution is 2.24. The normalized spacial score (nSPS) is 31.8. The van der Waals surface area contributed by atoms with Gasteiger partial charge in [-0.25, -0.2) is 0 Å². The van der Waals surface area contributed by atoms with Crippen molar-refractivity contribution >= 4 is 5.78 Å². The number of hydrogen-bond acceptors (Lipinski definition) is 2. The van der Waals surface area contributed by atoms with Crippen LogP contribution in [0.15, 0.2) is 0 Å². The first-order valence-electron chi connectivity index (χ1n) is 4.43. The van der Waals surface area contributed by atoms with Crippen molar-refractivity contribution in [2.24, 2.45) is 5.92 Å². The SMILES string of the molecule is CNC1CCCCC1C(C)=O. The fourth-order valence-electron chi connectivity index (χ4n) is 1.96. The van der Waals surface area contributed by atoms with Gasteiger partial charge in [0.25, 0.3) is 0 Å². The van der Waals surface area contributed by atoms with Crippen molar-refractivity contribution in [2.75, 3.05) is 7.05 Å². The van der Waals surface area contributed by atoms with Crippen molar-refractivity contribution < 1.29 is 4.79 Å². The van der Waals surface area contributed by atoms with E-state index in [-0.39, 0.29) is 5.92 Å². The zero-order valence-corrected chi connectivity index (χ0v) is 7.39. The van der Waals surface area contributed by atoms with Crippen molar-refractivity contribution in [2.45, 2.75) is 38.6 Å². The molecular formula is C9H17NO. The van der Waals surface area contributed by atoms with Gasteiger partial charge in [0.1, 0.15) is 5.78 Å². The van der Waals surface area contributed by atoms with Crippen LogP contribution in [0, 0.1) is 5.92 Å². The molecule has 1 aliphatic rings. The van der Waals surface area contributed by atoms with Crippen molar-refractivity contribution in [3.63, 3.8) is 0 Å². The lowest BCUT2D eigenvalue weighted by atomic mass is 9.82. The van der Waals surface area contributed by atoms with Gasteiger partial charge in [-0.05, 0) is 26.8 Å². The molecule has 1 aliphatic carbocycles. The van der Waals surface area contributed by atoms with E-state index < -0.39 is 0 Å². The van der Waals surface area contributed by atoms with E-state index in [0.29, 0.717) is 11.8 Å². The maximum Gasteiger partial charge on any atom is 0.134 e. The largest absolute Gasteiger partial charge is 0.316 e. The van der Waals surface area contributed by atoms with Gasteiger partial charge >= 0.3 is 0 Å². The van der Waals surface area contributed by atoms with E-state index in [1.807, 2.05) is 7.05 Å². The maximum atomic E-state index is 11.1. The Labute approximate surface area is 68.4 Å². The minimum absolute atomic E-state index is 0.286. The molecule has 0 bridgehead atoms. The average Bonchev–Trinajstić information content (AvgIpc) is 2.04. The molecule has 2 nitrogen and oxygen atoms in total. The molecule has 11 heavy (non-hydrogen) atoms. The summed E-state index contributed by atoms with van der Waals surface area (Å²) >= 11 is 0. The Kier molecular flexibility index (Phi) is 3.06. The fraction of sp³-hybridized carbons (Fsp3) is 0.889. The molecule has 2 heteroatoms. The van der Waals surface area contributed by atoms with Crippen molar-refractivity contribution in [3.8, 4) is 0 Å². The highest BCUT2D eigenvalue weighted by molar-refractivity contribution is 5.79. The third-order valence-electron chi connectivity index (χ3n) is 2.66. The Morgan fingerprint density at radius 3 is 2.45 bits per heavy atom. The molecule has 0 heterocycles. The molecule has 0 aromatic rings. The first-order chi connectivity index (χ1) is 5.25. The summed E-state index contributed by atoms with van der Waals surface area (Å²) in [6.45, 7) is 1.71. The smallest absolute Gasteiger partial charge is 0.134 e. The van der Waals surface area contributed by atoms with Crippen LogP contribution < -0.4 is 5.32 Å². The molecule has 1 saturated carbocycles. The van der Waals surface area contributed by atoms with Crippen LogP contribution in [-0.2, 0) is 4.79 Å². The van der Waals surface area contributed by atoms with Gasteiger partial charge in [-0.2, -0.15) is 0 Å². The summed E-state index contributed by atoms with van der Waals surface area (Å²) in [4.78, 5) is 11.1. The minimum atomic E-state index is 0.286. The predicted octanol–water partition coefficient (Wildman–Crippen LogP) is 1.35. The summed E-state index contributed by atoms with van der Waals surface area (Å²) in [5.41, 5.74) is 0. The van der Waals surface area contributed by atoms with E-state index in [0.717, 1.165) is 6.42 Å². The number of rotatable bonds is 2. The van der Waals surface area contributed by atoms with E-state index in [2.05, 4.69) is 5.32 Å². The predicted molar refractivity (Wildman–Crippen MR) is 45.5 cm³/mol. The van der Waals surface area contributed by atoms with Crippen LogP contribution in [0.4, 0.5) is 0 Å². The van der Waals surface area contributed by atoms with Crippen molar-refractivity contribution in [1.82, 2.24) is 5.32 Å². The molecule has 0 spiro atoms. The molecule has 2 unspecified atom stereocenters. The Hall–Kier alpha value is -0.370. The first kappa shape index (κ1) is 8.72. The lowest BCUT2D eigenvalue weighted by Gasteiger charge is -2.29. The number of carbonyl (C=O) groups excluding carboxylic acids is 1. The monoisotopic (exact) mass is 155 g/mol. The zero-order chi connectivity index (χ0) is 8.27. The molecule has 64 valence electrons. The average molecular weight is 155 g/mol. The van der Waals surface area contributed by atoms with Gasteiger partial charge in [0.2, 0.25) is 0 Å². The van der Waals surface area contributed by atoms with E-state index in [4.69, 9.17) is 0 Å². The molecule has 0 aromatic carbocycles. The summed E-state index contributed by atoms with van der Waals surface area (Å²) in [5.74, 6) is 0.637. The summed E-state index contributed by atoms with van der Waals surface area (Å²) in [5, 5.41) is 3.21. The lowest BCUT2D eigenvalue weighted by Crippen LogP contribution is -2.39. The topological polar surface area (TPSA) is 29.1 Å². The third kappa shape index (κ3) is 2.03. The van der Waals surface area contributed by atoms with Crippen LogP contribution in [0.5, 0.6) is 0 Å². The van der Waals surface area contributed by atoms with Crippen LogP contribution in [0.2, 0.25) is 0 Å². The lowest BCUT2D eigenvalue weighted by molar-refractivity contribution is -0.122. The minimum Gasteiger partial charge on any atom is -0.316 e. The van der Waals surface area contributed by atoms with Crippen LogP contribution in [0.1, 0.15) is 32.6 Å². The van der Waals surface area contributed by atoms with Crippen molar-refractivity contribution in [1.29, 1.82) is 0 Å². The summed E-state index contributed by atoms with van der Waals surface area (Å²) in [6.07, 6.45) is 4.75. The quantitative estimate of drug-likeness (QED) is 0.652. The van der Waals surface area contributed by atoms with Crippen LogP contribution in [-0.4, -0.2) is 18.9 Å². The molecule has 1 fully saturated rings. The molecule has 0 radical (unpaired) electrons. The van der Waals surface area contributed by atoms with Crippen LogP contribution in [0.25, 0.3) is 0 Å². The van der Waals surface area contributed by atoms with Crippen LogP contribution in [0.3, 0.4) is 0 Å². The second kappa shape index (κ2) is 3.86.